The summed E-state index contributed by atoms with van der Waals surface area (Å²) in [5.41, 5.74) is 20.8. The number of halogens is 6. The van der Waals surface area contributed by atoms with Crippen molar-refractivity contribution in [2.75, 3.05) is 22.9 Å². The summed E-state index contributed by atoms with van der Waals surface area (Å²) in [4.78, 5) is 0. The maximum atomic E-state index is 14.6. The highest BCUT2D eigenvalue weighted by molar-refractivity contribution is 5.52. The summed E-state index contributed by atoms with van der Waals surface area (Å²) < 4.78 is 111. The molecule has 0 aliphatic rings. The van der Waals surface area contributed by atoms with Crippen molar-refractivity contribution in [3.8, 4) is 46.0 Å². The zero-order chi connectivity index (χ0) is 46.9. The van der Waals surface area contributed by atoms with Crippen molar-refractivity contribution in [2.24, 2.45) is 0 Å². The molecule has 0 bridgehead atoms. The third-order valence-corrected chi connectivity index (χ3v) is 10.0. The second kappa shape index (κ2) is 19.6. The van der Waals surface area contributed by atoms with Crippen molar-refractivity contribution in [2.45, 2.75) is 24.2 Å². The Morgan fingerprint density at radius 2 is 0.561 bits per heavy atom. The quantitative estimate of drug-likeness (QED) is 0.0702. The smallest absolute Gasteiger partial charge is 0.411 e. The molecule has 0 fully saturated rings. The standard InChI is InChI=1S/C27H20F6N2O2.C25H22N2O2/c28-26(29,30)25(27(31,32)33,17-5-1-9-21(13-17)36-23-11-3-7-19(34)15-23)18-6-2-10-22(14-18)37-24-12-4-8-20(35)16-24;26-20-3-1-5-24(16-20)28-22-11-7-18(8-12-22)15-19-9-13-23(14-10-19)29-25-6-2-4-21(27)17-25/h1-16H,34-35H2;1-14,16-17H,15,26-27H2. The summed E-state index contributed by atoms with van der Waals surface area (Å²) in [6, 6.07) is 50.5. The van der Waals surface area contributed by atoms with Gasteiger partial charge in [-0.3, -0.25) is 0 Å². The molecule has 66 heavy (non-hydrogen) atoms. The maximum Gasteiger partial charge on any atom is 0.411 e. The third-order valence-electron chi connectivity index (χ3n) is 10.0. The molecule has 8 rings (SSSR count). The van der Waals surface area contributed by atoms with Crippen LogP contribution in [0.25, 0.3) is 0 Å². The van der Waals surface area contributed by atoms with Crippen LogP contribution >= 0.6 is 0 Å². The number of ether oxygens (including phenoxy) is 4. The van der Waals surface area contributed by atoms with E-state index in [0.29, 0.717) is 22.7 Å². The molecule has 0 heterocycles. The molecule has 336 valence electrons. The first kappa shape index (κ1) is 45.8. The summed E-state index contributed by atoms with van der Waals surface area (Å²) in [5, 5.41) is 0. The minimum Gasteiger partial charge on any atom is -0.457 e. The molecule has 14 heteroatoms. The van der Waals surface area contributed by atoms with E-state index < -0.39 is 28.9 Å². The first-order valence-electron chi connectivity index (χ1n) is 20.2. The lowest BCUT2D eigenvalue weighted by molar-refractivity contribution is -0.288. The molecule has 0 saturated heterocycles. The van der Waals surface area contributed by atoms with Gasteiger partial charge in [-0.2, -0.15) is 26.3 Å². The average Bonchev–Trinajstić information content (AvgIpc) is 3.25. The Balaban J connectivity index is 0.000000202. The van der Waals surface area contributed by atoms with Gasteiger partial charge in [-0.25, -0.2) is 0 Å². The number of rotatable bonds is 12. The van der Waals surface area contributed by atoms with Crippen LogP contribution in [0.4, 0.5) is 49.1 Å². The molecule has 8 nitrogen and oxygen atoms in total. The molecular weight excluding hydrogens is 859 g/mol. The van der Waals surface area contributed by atoms with Crippen LogP contribution in [0.5, 0.6) is 46.0 Å². The van der Waals surface area contributed by atoms with Gasteiger partial charge in [0.1, 0.15) is 46.0 Å². The molecule has 8 aromatic rings. The molecule has 0 aliphatic heterocycles. The lowest BCUT2D eigenvalue weighted by Crippen LogP contribution is -2.54. The molecular formula is C52H42F6N4O4. The Bertz CT molecular complexity index is 2690. The molecule has 0 aliphatic carbocycles. The van der Waals surface area contributed by atoms with E-state index in [-0.39, 0.29) is 23.0 Å². The number of hydrogen-bond acceptors (Lipinski definition) is 8. The second-order valence-corrected chi connectivity index (χ2v) is 15.0. The molecule has 8 aromatic carbocycles. The minimum absolute atomic E-state index is 0.152. The van der Waals surface area contributed by atoms with Gasteiger partial charge in [0.25, 0.3) is 0 Å². The van der Waals surface area contributed by atoms with Crippen LogP contribution in [0.3, 0.4) is 0 Å². The molecule has 0 aromatic heterocycles. The zero-order valence-electron chi connectivity index (χ0n) is 34.9. The molecule has 8 N–H and O–H groups in total. The fourth-order valence-electron chi connectivity index (χ4n) is 7.01. The van der Waals surface area contributed by atoms with Gasteiger partial charge in [0, 0.05) is 47.0 Å². The highest BCUT2D eigenvalue weighted by Gasteiger charge is 2.72. The number of benzene rings is 8. The highest BCUT2D eigenvalue weighted by Crippen LogP contribution is 2.57. The first-order valence-corrected chi connectivity index (χ1v) is 20.2. The fraction of sp³-hybridized carbons (Fsp3) is 0.0769. The highest BCUT2D eigenvalue weighted by atomic mass is 19.4. The second-order valence-electron chi connectivity index (χ2n) is 15.0. The van der Waals surface area contributed by atoms with Crippen LogP contribution in [-0.2, 0) is 11.8 Å². The van der Waals surface area contributed by atoms with Crippen molar-refractivity contribution >= 4 is 22.7 Å². The normalized spacial score (nSPS) is 11.5. The van der Waals surface area contributed by atoms with Gasteiger partial charge in [0.2, 0.25) is 5.41 Å². The van der Waals surface area contributed by atoms with Gasteiger partial charge in [-0.15, -0.1) is 0 Å². The van der Waals surface area contributed by atoms with Gasteiger partial charge in [-0.05, 0) is 126 Å². The minimum atomic E-state index is -5.78. The summed E-state index contributed by atoms with van der Waals surface area (Å²) >= 11 is 0. The third kappa shape index (κ3) is 11.3. The van der Waals surface area contributed by atoms with E-state index in [4.69, 9.17) is 41.9 Å². The Labute approximate surface area is 376 Å². The van der Waals surface area contributed by atoms with Crippen molar-refractivity contribution < 1.29 is 45.3 Å². The lowest BCUT2D eigenvalue weighted by Gasteiger charge is -2.38. The van der Waals surface area contributed by atoms with Crippen molar-refractivity contribution in [1.29, 1.82) is 0 Å². The van der Waals surface area contributed by atoms with Crippen LogP contribution in [0.2, 0.25) is 0 Å². The van der Waals surface area contributed by atoms with E-state index in [9.17, 15) is 26.3 Å². The van der Waals surface area contributed by atoms with Gasteiger partial charge < -0.3 is 41.9 Å². The molecule has 0 amide bonds. The van der Waals surface area contributed by atoms with Crippen LogP contribution in [0.15, 0.2) is 194 Å². The van der Waals surface area contributed by atoms with Gasteiger partial charge in [0.05, 0.1) is 0 Å². The monoisotopic (exact) mass is 900 g/mol. The van der Waals surface area contributed by atoms with Crippen LogP contribution in [0.1, 0.15) is 22.3 Å². The molecule has 0 unspecified atom stereocenters. The SMILES string of the molecule is Nc1cccc(Oc2ccc(Cc3ccc(Oc4cccc(N)c4)cc3)cc2)c1.Nc1cccc(Oc2cccc(C(c3cccc(Oc4cccc(N)c4)c3)(C(F)(F)F)C(F)(F)F)c2)c1. The summed E-state index contributed by atoms with van der Waals surface area (Å²) in [6.07, 6.45) is -10.7. The number of nitrogens with two attached hydrogens (primary N) is 4. The van der Waals surface area contributed by atoms with Crippen LogP contribution in [0, 0.1) is 0 Å². The van der Waals surface area contributed by atoms with E-state index in [1.54, 1.807) is 24.3 Å². The largest absolute Gasteiger partial charge is 0.457 e. The van der Waals surface area contributed by atoms with Crippen molar-refractivity contribution in [1.82, 2.24) is 0 Å². The van der Waals surface area contributed by atoms with Gasteiger partial charge in [-0.1, -0.05) is 72.8 Å². The summed E-state index contributed by atoms with van der Waals surface area (Å²) in [5.74, 6) is 2.87. The summed E-state index contributed by atoms with van der Waals surface area (Å²) in [7, 11) is 0. The predicted octanol–water partition coefficient (Wildman–Crippen LogP) is 13.9. The molecule has 0 radical (unpaired) electrons. The first-order chi connectivity index (χ1) is 31.5. The average molecular weight is 901 g/mol. The number of nitrogen functional groups attached to an aromatic ring is 4. The predicted molar refractivity (Wildman–Crippen MR) is 245 cm³/mol. The Hall–Kier alpha value is -8.26. The van der Waals surface area contributed by atoms with Crippen LogP contribution < -0.4 is 41.9 Å². The Morgan fingerprint density at radius 1 is 0.303 bits per heavy atom. The molecule has 0 saturated carbocycles. The Morgan fingerprint density at radius 3 is 0.833 bits per heavy atom. The topological polar surface area (TPSA) is 141 Å². The van der Waals surface area contributed by atoms with E-state index in [2.05, 4.69) is 24.3 Å². The summed E-state index contributed by atoms with van der Waals surface area (Å²) in [6.45, 7) is 0. The fourth-order valence-corrected chi connectivity index (χ4v) is 7.01. The zero-order valence-corrected chi connectivity index (χ0v) is 34.9. The van der Waals surface area contributed by atoms with Crippen LogP contribution in [-0.4, -0.2) is 12.4 Å². The van der Waals surface area contributed by atoms with E-state index in [0.717, 1.165) is 65.8 Å². The van der Waals surface area contributed by atoms with Crippen molar-refractivity contribution in [3.05, 3.63) is 216 Å². The maximum absolute atomic E-state index is 14.6. The number of anilines is 4. The van der Waals surface area contributed by atoms with Gasteiger partial charge in [0.15, 0.2) is 0 Å². The van der Waals surface area contributed by atoms with E-state index in [1.165, 1.54) is 59.7 Å². The van der Waals surface area contributed by atoms with E-state index >= 15 is 0 Å². The molecule has 0 spiro atoms. The molecule has 0 atom stereocenters. The van der Waals surface area contributed by atoms with Crippen molar-refractivity contribution in [3.63, 3.8) is 0 Å². The number of alkyl halides is 6. The lowest BCUT2D eigenvalue weighted by atomic mass is 9.73. The van der Waals surface area contributed by atoms with E-state index in [1.807, 2.05) is 60.7 Å². The number of hydrogen-bond donors (Lipinski definition) is 4. The Kier molecular flexibility index (Phi) is 13.6. The van der Waals surface area contributed by atoms with Gasteiger partial charge >= 0.3 is 12.4 Å².